The lowest BCUT2D eigenvalue weighted by molar-refractivity contribution is 0.483. The molecular weight excluding hydrogens is 280 g/mol. The van der Waals surface area contributed by atoms with E-state index in [9.17, 15) is 8.42 Å². The van der Waals surface area contributed by atoms with E-state index in [1.807, 2.05) is 13.8 Å². The second-order valence-corrected chi connectivity index (χ2v) is 9.30. The van der Waals surface area contributed by atoms with Crippen molar-refractivity contribution in [2.75, 3.05) is 0 Å². The molecule has 0 aromatic carbocycles. The molecule has 2 N–H and O–H groups in total. The first-order valence-corrected chi connectivity index (χ1v) is 9.28. The average molecular weight is 302 g/mol. The molecule has 1 saturated carbocycles. The van der Waals surface area contributed by atoms with E-state index in [-0.39, 0.29) is 11.0 Å². The van der Waals surface area contributed by atoms with Crippen molar-refractivity contribution in [1.29, 1.82) is 0 Å². The maximum atomic E-state index is 12.3. The van der Waals surface area contributed by atoms with Crippen molar-refractivity contribution >= 4 is 21.2 Å². The summed E-state index contributed by atoms with van der Waals surface area (Å²) in [6.07, 6.45) is 6.54. The van der Waals surface area contributed by atoms with Gasteiger partial charge in [0.05, 0.1) is 5.25 Å². The van der Waals surface area contributed by atoms with E-state index in [0.717, 1.165) is 37.0 Å². The van der Waals surface area contributed by atoms with Crippen LogP contribution < -0.4 is 5.73 Å². The normalized spacial score (nSPS) is 18.7. The van der Waals surface area contributed by atoms with Crippen LogP contribution in [0.2, 0.25) is 0 Å². The van der Waals surface area contributed by atoms with Gasteiger partial charge in [-0.3, -0.25) is 0 Å². The molecule has 0 aliphatic heterocycles. The van der Waals surface area contributed by atoms with Gasteiger partial charge in [-0.1, -0.05) is 19.3 Å². The van der Waals surface area contributed by atoms with Crippen molar-refractivity contribution in [3.05, 3.63) is 16.1 Å². The van der Waals surface area contributed by atoms with Crippen LogP contribution in [0.5, 0.6) is 0 Å². The Labute approximate surface area is 119 Å². The molecule has 1 aliphatic rings. The summed E-state index contributed by atoms with van der Waals surface area (Å²) in [6.45, 7) is 3.81. The second-order valence-electron chi connectivity index (χ2n) is 5.91. The molecule has 1 aliphatic carbocycles. The van der Waals surface area contributed by atoms with Gasteiger partial charge in [0, 0.05) is 16.6 Å². The predicted octanol–water partition coefficient (Wildman–Crippen LogP) is 2.58. The highest BCUT2D eigenvalue weighted by molar-refractivity contribution is 7.91. The van der Waals surface area contributed by atoms with E-state index in [1.54, 1.807) is 6.20 Å². The standard InChI is InChI=1S/C13H22N2O2S2/c1-13(2,14)11-8-15-12(18-11)9-19(16,17)10-6-4-3-5-7-10/h8,10H,3-7,9,14H2,1-2H3. The van der Waals surface area contributed by atoms with Gasteiger partial charge >= 0.3 is 0 Å². The van der Waals surface area contributed by atoms with Gasteiger partial charge in [0.15, 0.2) is 9.84 Å². The quantitative estimate of drug-likeness (QED) is 0.927. The average Bonchev–Trinajstić information content (AvgIpc) is 2.78. The van der Waals surface area contributed by atoms with Crippen molar-refractivity contribution in [1.82, 2.24) is 4.98 Å². The lowest BCUT2D eigenvalue weighted by Gasteiger charge is -2.21. The van der Waals surface area contributed by atoms with E-state index in [4.69, 9.17) is 5.73 Å². The Morgan fingerprint density at radius 2 is 2.00 bits per heavy atom. The van der Waals surface area contributed by atoms with Gasteiger partial charge in [0.1, 0.15) is 10.8 Å². The molecule has 0 radical (unpaired) electrons. The third-order valence-electron chi connectivity index (χ3n) is 3.57. The molecule has 1 fully saturated rings. The number of hydrogen-bond donors (Lipinski definition) is 1. The van der Waals surface area contributed by atoms with E-state index < -0.39 is 15.4 Å². The van der Waals surface area contributed by atoms with Gasteiger partial charge in [0.2, 0.25) is 0 Å². The number of nitrogens with zero attached hydrogens (tertiary/aromatic N) is 1. The van der Waals surface area contributed by atoms with Crippen molar-refractivity contribution < 1.29 is 8.42 Å². The molecule has 108 valence electrons. The maximum absolute atomic E-state index is 12.3. The van der Waals surface area contributed by atoms with Crippen molar-refractivity contribution in [2.24, 2.45) is 5.73 Å². The van der Waals surface area contributed by atoms with Crippen LogP contribution >= 0.6 is 11.3 Å². The topological polar surface area (TPSA) is 73.0 Å². The maximum Gasteiger partial charge on any atom is 0.159 e. The largest absolute Gasteiger partial charge is 0.321 e. The molecule has 0 amide bonds. The number of sulfone groups is 1. The lowest BCUT2D eigenvalue weighted by Crippen LogP contribution is -2.27. The fourth-order valence-corrected chi connectivity index (χ4v) is 5.55. The second kappa shape index (κ2) is 5.50. The van der Waals surface area contributed by atoms with Crippen LogP contribution in [0.1, 0.15) is 55.8 Å². The van der Waals surface area contributed by atoms with Crippen molar-refractivity contribution in [3.63, 3.8) is 0 Å². The van der Waals surface area contributed by atoms with E-state index in [0.29, 0.717) is 5.01 Å². The number of rotatable bonds is 4. The van der Waals surface area contributed by atoms with Gasteiger partial charge in [-0.2, -0.15) is 0 Å². The Morgan fingerprint density at radius 1 is 1.37 bits per heavy atom. The summed E-state index contributed by atoms with van der Waals surface area (Å²) in [5.74, 6) is 0.0679. The summed E-state index contributed by atoms with van der Waals surface area (Å²) >= 11 is 1.42. The van der Waals surface area contributed by atoms with Crippen LogP contribution in [0.4, 0.5) is 0 Å². The minimum atomic E-state index is -3.06. The zero-order chi connectivity index (χ0) is 14.1. The number of hydrogen-bond acceptors (Lipinski definition) is 5. The molecule has 1 aromatic heterocycles. The third-order valence-corrected chi connectivity index (χ3v) is 7.26. The molecule has 0 atom stereocenters. The number of aromatic nitrogens is 1. The smallest absolute Gasteiger partial charge is 0.159 e. The fraction of sp³-hybridized carbons (Fsp3) is 0.769. The molecule has 0 unspecified atom stereocenters. The van der Waals surface area contributed by atoms with Gasteiger partial charge in [-0.15, -0.1) is 11.3 Å². The van der Waals surface area contributed by atoms with Crippen molar-refractivity contribution in [3.8, 4) is 0 Å². The first-order valence-electron chi connectivity index (χ1n) is 6.75. The van der Waals surface area contributed by atoms with Crippen LogP contribution in [0, 0.1) is 0 Å². The van der Waals surface area contributed by atoms with E-state index in [1.165, 1.54) is 11.3 Å². The fourth-order valence-electron chi connectivity index (χ4n) is 2.39. The van der Waals surface area contributed by atoms with Crippen LogP contribution in [-0.4, -0.2) is 18.7 Å². The van der Waals surface area contributed by atoms with Crippen LogP contribution in [0.25, 0.3) is 0 Å². The summed E-state index contributed by atoms with van der Waals surface area (Å²) in [6, 6.07) is 0. The summed E-state index contributed by atoms with van der Waals surface area (Å²) in [4.78, 5) is 5.15. The monoisotopic (exact) mass is 302 g/mol. The van der Waals surface area contributed by atoms with Gasteiger partial charge in [-0.25, -0.2) is 13.4 Å². The van der Waals surface area contributed by atoms with Crippen molar-refractivity contribution in [2.45, 2.75) is 62.5 Å². The molecule has 0 bridgehead atoms. The van der Waals surface area contributed by atoms with Gasteiger partial charge < -0.3 is 5.73 Å². The first-order chi connectivity index (χ1) is 8.79. The molecule has 4 nitrogen and oxygen atoms in total. The third kappa shape index (κ3) is 3.77. The summed E-state index contributed by atoms with van der Waals surface area (Å²) in [5.41, 5.74) is 5.54. The van der Waals surface area contributed by atoms with Gasteiger partial charge in [0.25, 0.3) is 0 Å². The number of nitrogens with two attached hydrogens (primary N) is 1. The molecule has 19 heavy (non-hydrogen) atoms. The first kappa shape index (κ1) is 14.9. The highest BCUT2D eigenvalue weighted by atomic mass is 32.2. The Hall–Kier alpha value is -0.460. The zero-order valence-corrected chi connectivity index (χ0v) is 13.2. The van der Waals surface area contributed by atoms with Crippen LogP contribution in [-0.2, 0) is 21.1 Å². The molecule has 1 aromatic rings. The highest BCUT2D eigenvalue weighted by Gasteiger charge is 2.29. The molecule has 1 heterocycles. The highest BCUT2D eigenvalue weighted by Crippen LogP contribution is 2.29. The molecule has 2 rings (SSSR count). The molecule has 6 heteroatoms. The number of thiazole rings is 1. The molecule has 0 saturated heterocycles. The Kier molecular flexibility index (Phi) is 4.32. The molecular formula is C13H22N2O2S2. The lowest BCUT2D eigenvalue weighted by atomic mass is 10.0. The minimum Gasteiger partial charge on any atom is -0.321 e. The summed E-state index contributed by atoms with van der Waals surface area (Å²) < 4.78 is 24.7. The van der Waals surface area contributed by atoms with Crippen LogP contribution in [0.3, 0.4) is 0 Å². The Morgan fingerprint density at radius 3 is 2.53 bits per heavy atom. The summed E-state index contributed by atoms with van der Waals surface area (Å²) in [7, 11) is -3.06. The van der Waals surface area contributed by atoms with E-state index >= 15 is 0 Å². The van der Waals surface area contributed by atoms with Crippen LogP contribution in [0.15, 0.2) is 6.20 Å². The Balaban J connectivity index is 2.09. The van der Waals surface area contributed by atoms with E-state index in [2.05, 4.69) is 4.98 Å². The SMILES string of the molecule is CC(C)(N)c1cnc(CS(=O)(=O)C2CCCCC2)s1. The molecule has 0 spiro atoms. The summed E-state index contributed by atoms with van der Waals surface area (Å²) in [5, 5.41) is 0.499. The Bertz CT molecular complexity index is 523. The van der Waals surface area contributed by atoms with Gasteiger partial charge in [-0.05, 0) is 26.7 Å². The zero-order valence-electron chi connectivity index (χ0n) is 11.6. The minimum absolute atomic E-state index is 0.0679. The predicted molar refractivity (Wildman–Crippen MR) is 78.8 cm³/mol.